The van der Waals surface area contributed by atoms with Gasteiger partial charge in [-0.05, 0) is 6.42 Å². The average Bonchev–Trinajstić information content (AvgIpc) is 2.69. The predicted octanol–water partition coefficient (Wildman–Crippen LogP) is 0.625. The van der Waals surface area contributed by atoms with Crippen LogP contribution in [0.2, 0.25) is 0 Å². The molecule has 0 aromatic rings. The normalized spacial score (nSPS) is 19.2. The average molecular weight is 297 g/mol. The minimum atomic E-state index is -3.98. The molecular formula is C9H13ClN2O5S. The lowest BCUT2D eigenvalue weighted by Crippen LogP contribution is -2.22. The summed E-state index contributed by atoms with van der Waals surface area (Å²) in [4.78, 5) is 12.8. The molecule has 9 heteroatoms. The van der Waals surface area contributed by atoms with Crippen LogP contribution in [0.5, 0.6) is 0 Å². The van der Waals surface area contributed by atoms with Crippen molar-refractivity contribution < 1.29 is 22.7 Å². The van der Waals surface area contributed by atoms with Gasteiger partial charge in [-0.25, -0.2) is 4.79 Å². The van der Waals surface area contributed by atoms with Crippen LogP contribution >= 0.6 is 10.7 Å². The number of methoxy groups -OCH3 is 2. The fraction of sp³-hybridized carbons (Fsp3) is 0.556. The van der Waals surface area contributed by atoms with Gasteiger partial charge in [-0.1, -0.05) is 0 Å². The number of esters is 1. The molecule has 0 N–H and O–H groups in total. The molecule has 0 aliphatic carbocycles. The van der Waals surface area contributed by atoms with Crippen molar-refractivity contribution in [3.05, 3.63) is 12.0 Å². The number of rotatable bonds is 4. The highest BCUT2D eigenvalue weighted by molar-refractivity contribution is 8.12. The third-order valence-electron chi connectivity index (χ3n) is 2.22. The summed E-state index contributed by atoms with van der Waals surface area (Å²) >= 11 is 0. The molecule has 18 heavy (non-hydrogen) atoms. The standard InChI is InChI=1S/C9H13ClN2O5S/c1-16-7(9(13)17-2)6-12-5-3-4-8(12)11-18(10,14)15/h6H,3-5H2,1-2H3/b7-6-,11-8+. The van der Waals surface area contributed by atoms with Gasteiger partial charge in [-0.2, -0.15) is 8.42 Å². The highest BCUT2D eigenvalue weighted by atomic mass is 35.7. The van der Waals surface area contributed by atoms with Crippen LogP contribution in [-0.4, -0.2) is 45.9 Å². The maximum atomic E-state index is 11.3. The highest BCUT2D eigenvalue weighted by Crippen LogP contribution is 2.16. The first-order valence-corrected chi connectivity index (χ1v) is 7.28. The Kier molecular flexibility index (Phi) is 4.97. The number of halogens is 1. The monoisotopic (exact) mass is 296 g/mol. The minimum Gasteiger partial charge on any atom is -0.489 e. The lowest BCUT2D eigenvalue weighted by Gasteiger charge is -2.14. The van der Waals surface area contributed by atoms with Gasteiger partial charge in [0.2, 0.25) is 5.76 Å². The van der Waals surface area contributed by atoms with Crippen LogP contribution in [0.15, 0.2) is 16.4 Å². The zero-order chi connectivity index (χ0) is 13.8. The van der Waals surface area contributed by atoms with Gasteiger partial charge in [0.1, 0.15) is 5.84 Å². The smallest absolute Gasteiger partial charge is 0.374 e. The molecule has 0 aromatic carbocycles. The first-order chi connectivity index (χ1) is 8.37. The summed E-state index contributed by atoms with van der Waals surface area (Å²) in [7, 11) is 3.61. The molecular weight excluding hydrogens is 284 g/mol. The van der Waals surface area contributed by atoms with Crippen LogP contribution < -0.4 is 0 Å². The summed E-state index contributed by atoms with van der Waals surface area (Å²) < 4.78 is 34.5. The summed E-state index contributed by atoms with van der Waals surface area (Å²) in [5, 5.41) is 0. The molecule has 1 heterocycles. The number of nitrogens with zero attached hydrogens (tertiary/aromatic N) is 2. The van der Waals surface area contributed by atoms with Gasteiger partial charge in [-0.15, -0.1) is 4.40 Å². The Morgan fingerprint density at radius 1 is 1.44 bits per heavy atom. The second kappa shape index (κ2) is 6.05. The molecule has 7 nitrogen and oxygen atoms in total. The van der Waals surface area contributed by atoms with E-state index in [0.29, 0.717) is 19.4 Å². The van der Waals surface area contributed by atoms with Crippen molar-refractivity contribution in [2.24, 2.45) is 4.40 Å². The van der Waals surface area contributed by atoms with E-state index in [1.165, 1.54) is 25.3 Å². The van der Waals surface area contributed by atoms with Crippen molar-refractivity contribution in [1.29, 1.82) is 0 Å². The van der Waals surface area contributed by atoms with Crippen LogP contribution in [-0.2, 0) is 23.5 Å². The molecule has 0 bridgehead atoms. The van der Waals surface area contributed by atoms with Crippen LogP contribution in [0.4, 0.5) is 0 Å². The second-order valence-corrected chi connectivity index (χ2v) is 5.58. The Morgan fingerprint density at radius 2 is 2.11 bits per heavy atom. The molecule has 1 aliphatic rings. The first-order valence-electron chi connectivity index (χ1n) is 5.01. The fourth-order valence-corrected chi connectivity index (χ4v) is 2.16. The Labute approximate surface area is 110 Å². The van der Waals surface area contributed by atoms with E-state index in [9.17, 15) is 13.2 Å². The largest absolute Gasteiger partial charge is 0.489 e. The first kappa shape index (κ1) is 14.8. The molecule has 1 saturated heterocycles. The van der Waals surface area contributed by atoms with Gasteiger partial charge >= 0.3 is 15.2 Å². The maximum Gasteiger partial charge on any atom is 0.374 e. The molecule has 0 atom stereocenters. The quantitative estimate of drug-likeness (QED) is 0.327. The minimum absolute atomic E-state index is 0.0425. The van der Waals surface area contributed by atoms with Crippen LogP contribution in [0.1, 0.15) is 12.8 Å². The predicted molar refractivity (Wildman–Crippen MR) is 65.3 cm³/mol. The van der Waals surface area contributed by atoms with Crippen molar-refractivity contribution in [3.63, 3.8) is 0 Å². The number of likely N-dealkylation sites (tertiary alicyclic amines) is 1. The van der Waals surface area contributed by atoms with E-state index < -0.39 is 15.2 Å². The molecule has 102 valence electrons. The zero-order valence-electron chi connectivity index (χ0n) is 9.92. The number of carbonyl (C=O) groups excluding carboxylic acids is 1. The third-order valence-corrected chi connectivity index (χ3v) is 2.86. The number of amidine groups is 1. The lowest BCUT2D eigenvalue weighted by atomic mass is 10.4. The third kappa shape index (κ3) is 4.19. The van der Waals surface area contributed by atoms with Crippen molar-refractivity contribution in [3.8, 4) is 0 Å². The summed E-state index contributed by atoms with van der Waals surface area (Å²) in [6, 6.07) is 0. The number of hydrogen-bond donors (Lipinski definition) is 0. The van der Waals surface area contributed by atoms with Gasteiger partial charge in [0.05, 0.1) is 20.4 Å². The van der Waals surface area contributed by atoms with E-state index >= 15 is 0 Å². The Bertz CT molecular complexity index is 485. The molecule has 0 amide bonds. The molecule has 1 fully saturated rings. The molecule has 0 radical (unpaired) electrons. The van der Waals surface area contributed by atoms with Crippen LogP contribution in [0, 0.1) is 0 Å². The molecule has 1 rings (SSSR count). The van der Waals surface area contributed by atoms with Gasteiger partial charge in [0.25, 0.3) is 0 Å². The van der Waals surface area contributed by atoms with E-state index in [4.69, 9.17) is 15.4 Å². The van der Waals surface area contributed by atoms with Crippen LogP contribution in [0.3, 0.4) is 0 Å². The summed E-state index contributed by atoms with van der Waals surface area (Å²) in [5.41, 5.74) is 0. The second-order valence-electron chi connectivity index (χ2n) is 3.41. The molecule has 1 aliphatic heterocycles. The van der Waals surface area contributed by atoms with E-state index in [0.717, 1.165) is 0 Å². The van der Waals surface area contributed by atoms with Gasteiger partial charge in [0, 0.05) is 23.6 Å². The van der Waals surface area contributed by atoms with E-state index in [2.05, 4.69) is 9.13 Å². The highest BCUT2D eigenvalue weighted by Gasteiger charge is 2.22. The van der Waals surface area contributed by atoms with E-state index in [1.54, 1.807) is 0 Å². The Morgan fingerprint density at radius 3 is 2.61 bits per heavy atom. The zero-order valence-corrected chi connectivity index (χ0v) is 11.5. The maximum absolute atomic E-state index is 11.3. The Hall–Kier alpha value is -1.28. The van der Waals surface area contributed by atoms with Crippen molar-refractivity contribution >= 4 is 31.7 Å². The number of carbonyl (C=O) groups is 1. The van der Waals surface area contributed by atoms with Gasteiger partial charge < -0.3 is 14.4 Å². The number of ether oxygens (including phenoxy) is 2. The SMILES string of the molecule is COC(=O)/C(=C/N1CCC/C1=N\S(=O)(=O)Cl)OC. The molecule has 0 saturated carbocycles. The van der Waals surface area contributed by atoms with Crippen molar-refractivity contribution in [1.82, 2.24) is 4.90 Å². The topological polar surface area (TPSA) is 85.3 Å². The van der Waals surface area contributed by atoms with Crippen LogP contribution in [0.25, 0.3) is 0 Å². The number of hydrogen-bond acceptors (Lipinski definition) is 5. The Balaban J connectivity index is 2.98. The van der Waals surface area contributed by atoms with E-state index in [1.807, 2.05) is 0 Å². The fourth-order valence-electron chi connectivity index (χ4n) is 1.47. The van der Waals surface area contributed by atoms with Gasteiger partial charge in [-0.3, -0.25) is 0 Å². The lowest BCUT2D eigenvalue weighted by molar-refractivity contribution is -0.139. The van der Waals surface area contributed by atoms with Crippen molar-refractivity contribution in [2.45, 2.75) is 12.8 Å². The van der Waals surface area contributed by atoms with Gasteiger partial charge in [0.15, 0.2) is 0 Å². The van der Waals surface area contributed by atoms with Crippen molar-refractivity contribution in [2.75, 3.05) is 20.8 Å². The summed E-state index contributed by atoms with van der Waals surface area (Å²) in [6.07, 6.45) is 2.51. The molecule has 0 unspecified atom stereocenters. The summed E-state index contributed by atoms with van der Waals surface area (Å²) in [5.74, 6) is -0.431. The van der Waals surface area contributed by atoms with E-state index in [-0.39, 0.29) is 11.6 Å². The molecule has 0 aromatic heterocycles. The summed E-state index contributed by atoms with van der Waals surface area (Å²) in [6.45, 7) is 0.523. The molecule has 0 spiro atoms.